The van der Waals surface area contributed by atoms with E-state index in [1.807, 2.05) is 18.4 Å². The van der Waals surface area contributed by atoms with E-state index in [0.717, 1.165) is 13.0 Å². The molecule has 1 aromatic heterocycles. The van der Waals surface area contributed by atoms with Crippen LogP contribution in [0.3, 0.4) is 0 Å². The van der Waals surface area contributed by atoms with E-state index in [4.69, 9.17) is 4.74 Å². The van der Waals surface area contributed by atoms with Gasteiger partial charge in [-0.05, 0) is 59.6 Å². The van der Waals surface area contributed by atoms with Crippen LogP contribution in [0.15, 0.2) is 15.9 Å². The summed E-state index contributed by atoms with van der Waals surface area (Å²) in [7, 11) is 1.85. The molecule has 0 aliphatic heterocycles. The van der Waals surface area contributed by atoms with Gasteiger partial charge in [0.15, 0.2) is 0 Å². The summed E-state index contributed by atoms with van der Waals surface area (Å²) in [4.78, 5) is 1.40. The van der Waals surface area contributed by atoms with Crippen molar-refractivity contribution in [2.75, 3.05) is 13.7 Å². The molecule has 17 heavy (non-hydrogen) atoms. The number of hydrogen-bond donors (Lipinski definition) is 1. The second kappa shape index (κ2) is 5.83. The maximum atomic E-state index is 5.74. The SMILES string of the molecule is CCNC(CC1(OC)CCC1)c1sccc1Br. The third kappa shape index (κ3) is 2.92. The fourth-order valence-electron chi connectivity index (χ4n) is 2.49. The van der Waals surface area contributed by atoms with Crippen LogP contribution in [0.1, 0.15) is 43.5 Å². The molecule has 96 valence electrons. The summed E-state index contributed by atoms with van der Waals surface area (Å²) in [6.07, 6.45) is 4.79. The van der Waals surface area contributed by atoms with Crippen molar-refractivity contribution in [3.63, 3.8) is 0 Å². The maximum Gasteiger partial charge on any atom is 0.0697 e. The second-order valence-electron chi connectivity index (χ2n) is 4.69. The summed E-state index contributed by atoms with van der Waals surface area (Å²) in [5, 5.41) is 5.73. The zero-order chi connectivity index (χ0) is 12.3. The molecule has 1 saturated carbocycles. The first-order valence-corrected chi connectivity index (χ1v) is 7.89. The average Bonchev–Trinajstić information content (AvgIpc) is 2.68. The van der Waals surface area contributed by atoms with Crippen LogP contribution in [0, 0.1) is 0 Å². The molecule has 1 unspecified atom stereocenters. The summed E-state index contributed by atoms with van der Waals surface area (Å²) in [5.41, 5.74) is 0.121. The van der Waals surface area contributed by atoms with Gasteiger partial charge in [0.1, 0.15) is 0 Å². The summed E-state index contributed by atoms with van der Waals surface area (Å²) in [5.74, 6) is 0. The zero-order valence-corrected chi connectivity index (χ0v) is 12.9. The van der Waals surface area contributed by atoms with Gasteiger partial charge < -0.3 is 10.1 Å². The van der Waals surface area contributed by atoms with Crippen LogP contribution in [0.2, 0.25) is 0 Å². The van der Waals surface area contributed by atoms with Crippen LogP contribution in [0.5, 0.6) is 0 Å². The van der Waals surface area contributed by atoms with E-state index < -0.39 is 0 Å². The predicted molar refractivity (Wildman–Crippen MR) is 76.6 cm³/mol. The van der Waals surface area contributed by atoms with Crippen molar-refractivity contribution in [1.29, 1.82) is 0 Å². The number of halogens is 1. The fourth-order valence-corrected chi connectivity index (χ4v) is 4.22. The molecule has 0 saturated heterocycles. The summed E-state index contributed by atoms with van der Waals surface area (Å²) >= 11 is 5.45. The molecule has 0 bridgehead atoms. The molecular weight excluding hydrogens is 298 g/mol. The molecule has 1 aliphatic carbocycles. The monoisotopic (exact) mass is 317 g/mol. The Labute approximate surface area is 116 Å². The second-order valence-corrected chi connectivity index (χ2v) is 6.49. The molecule has 1 heterocycles. The maximum absolute atomic E-state index is 5.74. The normalized spacial score (nSPS) is 19.9. The summed E-state index contributed by atoms with van der Waals surface area (Å²) < 4.78 is 6.96. The van der Waals surface area contributed by atoms with E-state index in [1.54, 1.807) is 0 Å². The first-order chi connectivity index (χ1) is 8.21. The third-order valence-corrected chi connectivity index (χ3v) is 5.67. The highest BCUT2D eigenvalue weighted by molar-refractivity contribution is 9.10. The molecule has 1 N–H and O–H groups in total. The first kappa shape index (κ1) is 13.5. The molecule has 1 aliphatic rings. The topological polar surface area (TPSA) is 21.3 Å². The van der Waals surface area contributed by atoms with Gasteiger partial charge in [-0.25, -0.2) is 0 Å². The van der Waals surface area contributed by atoms with Crippen LogP contribution < -0.4 is 5.32 Å². The lowest BCUT2D eigenvalue weighted by molar-refractivity contribution is -0.0835. The lowest BCUT2D eigenvalue weighted by atomic mass is 9.75. The van der Waals surface area contributed by atoms with E-state index in [9.17, 15) is 0 Å². The number of nitrogens with one attached hydrogen (secondary N) is 1. The Kier molecular flexibility index (Phi) is 4.64. The Morgan fingerprint density at radius 3 is 2.76 bits per heavy atom. The van der Waals surface area contributed by atoms with Gasteiger partial charge in [-0.1, -0.05) is 6.92 Å². The van der Waals surface area contributed by atoms with Gasteiger partial charge in [-0.3, -0.25) is 0 Å². The number of thiophene rings is 1. The molecular formula is C13H20BrNOS. The zero-order valence-electron chi connectivity index (χ0n) is 10.5. The smallest absolute Gasteiger partial charge is 0.0697 e. The highest BCUT2D eigenvalue weighted by atomic mass is 79.9. The van der Waals surface area contributed by atoms with Crippen LogP contribution in [0.4, 0.5) is 0 Å². The van der Waals surface area contributed by atoms with Crippen LogP contribution in [0.25, 0.3) is 0 Å². The molecule has 0 amide bonds. The van der Waals surface area contributed by atoms with Crippen molar-refractivity contribution in [2.24, 2.45) is 0 Å². The Morgan fingerprint density at radius 2 is 2.35 bits per heavy atom. The largest absolute Gasteiger partial charge is 0.378 e. The van der Waals surface area contributed by atoms with Crippen molar-refractivity contribution in [1.82, 2.24) is 5.32 Å². The molecule has 0 aromatic carbocycles. The third-order valence-electron chi connectivity index (χ3n) is 3.69. The lowest BCUT2D eigenvalue weighted by Crippen LogP contribution is -2.42. The van der Waals surface area contributed by atoms with Gasteiger partial charge in [0.2, 0.25) is 0 Å². The highest BCUT2D eigenvalue weighted by Gasteiger charge is 2.39. The van der Waals surface area contributed by atoms with Gasteiger partial charge in [-0.2, -0.15) is 0 Å². The Hall–Kier alpha value is 0.100. The van der Waals surface area contributed by atoms with Crippen molar-refractivity contribution in [3.8, 4) is 0 Å². The molecule has 4 heteroatoms. The molecule has 2 rings (SSSR count). The van der Waals surface area contributed by atoms with Crippen molar-refractivity contribution in [3.05, 3.63) is 20.8 Å². The van der Waals surface area contributed by atoms with E-state index >= 15 is 0 Å². The molecule has 0 spiro atoms. The standard InChI is InChI=1S/C13H20BrNOS/c1-3-15-11(12-10(14)5-8-17-12)9-13(16-2)6-4-7-13/h5,8,11,15H,3-4,6-7,9H2,1-2H3. The quantitative estimate of drug-likeness (QED) is 0.852. The molecule has 1 fully saturated rings. The van der Waals surface area contributed by atoms with E-state index in [2.05, 4.69) is 39.6 Å². The average molecular weight is 318 g/mol. The number of hydrogen-bond acceptors (Lipinski definition) is 3. The summed E-state index contributed by atoms with van der Waals surface area (Å²) in [6.45, 7) is 3.16. The molecule has 1 aromatic rings. The van der Waals surface area contributed by atoms with E-state index in [0.29, 0.717) is 6.04 Å². The molecule has 0 radical (unpaired) electrons. The molecule has 1 atom stereocenters. The van der Waals surface area contributed by atoms with Gasteiger partial charge in [-0.15, -0.1) is 11.3 Å². The first-order valence-electron chi connectivity index (χ1n) is 6.22. The highest BCUT2D eigenvalue weighted by Crippen LogP contribution is 2.43. The van der Waals surface area contributed by atoms with Gasteiger partial charge in [0.05, 0.1) is 5.60 Å². The lowest BCUT2D eigenvalue weighted by Gasteiger charge is -2.42. The van der Waals surface area contributed by atoms with Crippen molar-refractivity contribution < 1.29 is 4.74 Å². The number of rotatable bonds is 6. The van der Waals surface area contributed by atoms with Crippen molar-refractivity contribution in [2.45, 2.75) is 44.2 Å². The van der Waals surface area contributed by atoms with E-state index in [1.165, 1.54) is 28.6 Å². The number of methoxy groups -OCH3 is 1. The Bertz CT molecular complexity index is 357. The van der Waals surface area contributed by atoms with Gasteiger partial charge >= 0.3 is 0 Å². The van der Waals surface area contributed by atoms with Gasteiger partial charge in [0.25, 0.3) is 0 Å². The van der Waals surface area contributed by atoms with Gasteiger partial charge in [0, 0.05) is 22.5 Å². The fraction of sp³-hybridized carbons (Fsp3) is 0.692. The van der Waals surface area contributed by atoms with E-state index in [-0.39, 0.29) is 5.60 Å². The summed E-state index contributed by atoms with van der Waals surface area (Å²) in [6, 6.07) is 2.54. The minimum Gasteiger partial charge on any atom is -0.378 e. The number of ether oxygens (including phenoxy) is 1. The Morgan fingerprint density at radius 1 is 1.59 bits per heavy atom. The molecule has 2 nitrogen and oxygen atoms in total. The minimum absolute atomic E-state index is 0.121. The Balaban J connectivity index is 2.10. The van der Waals surface area contributed by atoms with Crippen LogP contribution in [-0.4, -0.2) is 19.3 Å². The van der Waals surface area contributed by atoms with Crippen LogP contribution >= 0.6 is 27.3 Å². The van der Waals surface area contributed by atoms with Crippen molar-refractivity contribution >= 4 is 27.3 Å². The predicted octanol–water partition coefficient (Wildman–Crippen LogP) is 4.12. The minimum atomic E-state index is 0.121. The van der Waals surface area contributed by atoms with Crippen LogP contribution in [-0.2, 0) is 4.74 Å².